The molecule has 23 nitrogen and oxygen atoms in total. The van der Waals surface area contributed by atoms with Crippen LogP contribution in [0.15, 0.2) is 54.1 Å². The van der Waals surface area contributed by atoms with Gasteiger partial charge in [-0.25, -0.2) is 24.5 Å². The number of phosphoric ester groups is 1. The van der Waals surface area contributed by atoms with Crippen molar-refractivity contribution in [2.45, 2.75) is 103 Å². The first kappa shape index (κ1) is 69.8. The molecule has 5 aromatic rings. The van der Waals surface area contributed by atoms with Crippen LogP contribution in [0.1, 0.15) is 64.4 Å². The zero-order chi connectivity index (χ0) is 60.1. The molecule has 44 heteroatoms. The van der Waals surface area contributed by atoms with E-state index in [4.69, 9.17) is 54.4 Å². The van der Waals surface area contributed by atoms with Crippen LogP contribution in [0.25, 0.3) is 22.3 Å². The van der Waals surface area contributed by atoms with Gasteiger partial charge in [-0.1, -0.05) is 59.7 Å². The van der Waals surface area contributed by atoms with Gasteiger partial charge in [0.2, 0.25) is 11.9 Å². The summed E-state index contributed by atoms with van der Waals surface area (Å²) in [4.78, 5) is 74.5. The van der Waals surface area contributed by atoms with Crippen LogP contribution in [0, 0.1) is 11.8 Å². The highest BCUT2D eigenvalue weighted by Crippen LogP contribution is 2.56. The molecule has 7 heterocycles. The van der Waals surface area contributed by atoms with Crippen LogP contribution in [-0.4, -0.2) is 114 Å². The van der Waals surface area contributed by atoms with E-state index in [2.05, 4.69) is 40.5 Å². The van der Waals surface area contributed by atoms with Gasteiger partial charge in [-0.05, 0) is 30.3 Å². The van der Waals surface area contributed by atoms with Gasteiger partial charge in [-0.15, -0.1) is 0 Å². The maximum absolute atomic E-state index is 14.5. The average Bonchev–Trinajstić information content (AvgIpc) is 3.31. The molecule has 83 heavy (non-hydrogen) atoms. The Bertz CT molecular complexity index is 4120. The number of H-pyrrole nitrogens is 1. The number of aromatic amines is 1. The number of hydrogen-bond acceptors (Lipinski definition) is 19. The molecule has 1 aromatic carbocycles. The van der Waals surface area contributed by atoms with E-state index in [1.165, 1.54) is 48.0 Å². The number of carbonyl (C=O) groups excluding carboxylic acids is 2. The number of aromatic nitrogens is 8. The van der Waals surface area contributed by atoms with Gasteiger partial charge >= 0.3 is 15.4 Å². The summed E-state index contributed by atoms with van der Waals surface area (Å²) in [5.74, 6) is -1.91. The molecule has 0 saturated carbocycles. The van der Waals surface area contributed by atoms with Gasteiger partial charge in [-0.3, -0.25) is 52.0 Å². The van der Waals surface area contributed by atoms with Crippen molar-refractivity contribution in [2.75, 3.05) is 30.5 Å². The Hall–Kier alpha value is -0.623. The van der Waals surface area contributed by atoms with Gasteiger partial charge in [0.1, 0.15) is 43.1 Å². The second kappa shape index (κ2) is 32.4. The molecule has 8 rings (SSSR count). The van der Waals surface area contributed by atoms with Gasteiger partial charge in [0.25, 0.3) is 11.5 Å². The monoisotopic (exact) mass is 1530 g/mol. The van der Waals surface area contributed by atoms with Crippen LogP contribution < -0.4 is 16.2 Å². The van der Waals surface area contributed by atoms with E-state index < -0.39 is 109 Å². The molecular formula is C39H52N10O13P2S18Si. The molecule has 0 spiro atoms. The first-order valence-corrected chi connectivity index (χ1v) is 52.8. The highest BCUT2D eigenvalue weighted by molar-refractivity contribution is 8.77. The normalized spacial score (nSPS) is 25.2. The van der Waals surface area contributed by atoms with Gasteiger partial charge in [0.15, 0.2) is 42.7 Å². The minimum absolute atomic E-state index is 0.0192. The third-order valence-electron chi connectivity index (χ3n) is 12.4. The number of hydrogen-bond donors (Lipinski definition) is 4. The Kier molecular flexibility index (Phi) is 27.3. The third kappa shape index (κ3) is 19.4. The number of imidazole rings is 2. The minimum atomic E-state index is -4.96. The molecule has 0 radical (unpaired) electrons. The lowest BCUT2D eigenvalue weighted by Crippen LogP contribution is -2.49. The van der Waals surface area contributed by atoms with E-state index in [0.29, 0.717) is 5.56 Å². The Morgan fingerprint density at radius 1 is 0.771 bits per heavy atom. The van der Waals surface area contributed by atoms with E-state index in [1.807, 2.05) is 33.9 Å². The zero-order valence-corrected chi connectivity index (χ0v) is 61.9. The second-order valence-corrected chi connectivity index (χ2v) is 55.6. The molecule has 3 saturated heterocycles. The molecule has 4 unspecified atom stereocenters. The molecule has 3 fully saturated rings. The summed E-state index contributed by atoms with van der Waals surface area (Å²) in [5, 5.41) is 4.99. The molecule has 458 valence electrons. The number of fused-ring (bicyclic) bond motifs is 4. The zero-order valence-electron chi connectivity index (χ0n) is 44.4. The maximum atomic E-state index is 14.5. The number of nitrogens with one attached hydrogen (secondary N) is 3. The van der Waals surface area contributed by atoms with Gasteiger partial charge in [-0.2, -0.15) is 4.98 Å². The Balaban J connectivity index is 0.000000474. The molecule has 3 aliphatic rings. The molecular weight excluding hydrogens is 1480 g/mol. The summed E-state index contributed by atoms with van der Waals surface area (Å²) >= 11 is 9.49. The van der Waals surface area contributed by atoms with Gasteiger partial charge in [0, 0.05) is 189 Å². The van der Waals surface area contributed by atoms with Gasteiger partial charge in [0.05, 0.1) is 25.9 Å². The van der Waals surface area contributed by atoms with Crippen molar-refractivity contribution in [3.63, 3.8) is 0 Å². The molecule has 2 amide bonds. The number of amides is 2. The van der Waals surface area contributed by atoms with Crippen molar-refractivity contribution in [3.05, 3.63) is 65.2 Å². The first-order chi connectivity index (χ1) is 39.4. The molecule has 3 aliphatic heterocycles. The fourth-order valence-electron chi connectivity index (χ4n) is 7.64. The largest absolute Gasteiger partial charge is 0.472 e. The average molecular weight is 1540 g/mol. The summed E-state index contributed by atoms with van der Waals surface area (Å²) in [6.07, 6.45) is -4.03. The molecule has 0 aliphatic carbocycles. The van der Waals surface area contributed by atoms with Crippen LogP contribution in [-0.2, 0) is 210 Å². The lowest BCUT2D eigenvalue weighted by atomic mass is 10.0. The highest BCUT2D eigenvalue weighted by Gasteiger charge is 2.56. The molecule has 4 aromatic heterocycles. The summed E-state index contributed by atoms with van der Waals surface area (Å²) < 4.78 is 75.3. The lowest BCUT2D eigenvalue weighted by molar-refractivity contribution is -0.118. The third-order valence-corrected chi connectivity index (χ3v) is 52.4. The van der Waals surface area contributed by atoms with Crippen molar-refractivity contribution in [2.24, 2.45) is 11.8 Å². The van der Waals surface area contributed by atoms with Crippen molar-refractivity contribution >= 4 is 234 Å². The second-order valence-electron chi connectivity index (χ2n) is 19.1. The summed E-state index contributed by atoms with van der Waals surface area (Å²) in [6, 6.07) is 8.57. The Morgan fingerprint density at radius 2 is 1.31 bits per heavy atom. The predicted molar refractivity (Wildman–Crippen MR) is 368 cm³/mol. The number of ether oxygens (including phenoxy) is 2. The summed E-state index contributed by atoms with van der Waals surface area (Å²) in [6.45, 7) is 15.3. The van der Waals surface area contributed by atoms with E-state index in [1.54, 1.807) is 180 Å². The number of rotatable bonds is 8. The fraction of sp³-hybridized carbons (Fsp3) is 0.538. The van der Waals surface area contributed by atoms with Crippen LogP contribution >= 0.6 is 15.4 Å². The number of benzene rings is 1. The van der Waals surface area contributed by atoms with E-state index >= 15 is 0 Å². The summed E-state index contributed by atoms with van der Waals surface area (Å²) in [7, 11) is 15.3. The molecule has 4 N–H and O–H groups in total. The van der Waals surface area contributed by atoms with Crippen molar-refractivity contribution in [3.8, 4) is 0 Å². The Morgan fingerprint density at radius 3 is 1.89 bits per heavy atom. The highest BCUT2D eigenvalue weighted by atomic mass is 33.5. The van der Waals surface area contributed by atoms with Crippen LogP contribution in [0.3, 0.4) is 0 Å². The fourth-order valence-corrected chi connectivity index (χ4v) is 49.5. The van der Waals surface area contributed by atoms with Crippen LogP contribution in [0.5, 0.6) is 0 Å². The van der Waals surface area contributed by atoms with Crippen LogP contribution in [0.2, 0.25) is 18.1 Å². The van der Waals surface area contributed by atoms with Gasteiger partial charge < -0.3 is 28.6 Å². The van der Waals surface area contributed by atoms with Crippen molar-refractivity contribution < 1.29 is 55.6 Å². The maximum Gasteiger partial charge on any atom is 0.472 e. The SMILES string of the molecule is CC(C)C(=O)Nc1nc2c(ncn2[C@@H]2O[C@@H]3COP(=O)(O)OC4[C@@H](COP(C)(=O)OC3[C@@H]2O[Si](C)(C)C(C)(C)C)O[C@@H](n2cnc3c(NC(=O)c5ccccc5)ncnc32)[C@H]4C)c(=O)[nH]1.S=S=S=S=S=S=S=S=S=S=S=S=S=S=S=S=S=S. The standard InChI is InChI=1S/C39H52N10O13P2Si.S18/c1-20(2)33(50)46-38-45-32-26(35(52)47-38)43-19-49(32)37-29(62-65(8,9)39(4,5)6)28-24(59-37)16-57-64(54,55)61-27-21(3)36(58-23(27)15-56-63(7,53)60-28)48-18-42-25-30(40-17-41-31(25)48)44-34(51)22-13-11-10-12-14-22;1-3-5-7-9-11-13-15-17-18-16-14-12-10-8-6-4-2/h10-14,17-21,23-24,27-29,36-37H,15-16H2,1-9H3,(H,54,55)(H,40,41,44,51)(H2,45,46,47,50,52);/t21-,23+,24+,27?,28?,29-,36+,37+,63?;/m0./s1. The quantitative estimate of drug-likeness (QED) is 0.113. The topological polar surface area (TPSA) is 284 Å². The number of phosphoric acid groups is 1. The molecule has 0 bridgehead atoms. The Labute approximate surface area is 532 Å². The number of carbonyl (C=O) groups is 2. The van der Waals surface area contributed by atoms with E-state index in [9.17, 15) is 28.4 Å². The summed E-state index contributed by atoms with van der Waals surface area (Å²) in [5.41, 5.74) is 0.242. The van der Waals surface area contributed by atoms with Crippen molar-refractivity contribution in [1.29, 1.82) is 0 Å². The minimum Gasteiger partial charge on any atom is -0.407 e. The van der Waals surface area contributed by atoms with E-state index in [-0.39, 0.29) is 39.1 Å². The van der Waals surface area contributed by atoms with E-state index in [0.717, 1.165) is 0 Å². The molecule has 10 atom stereocenters. The predicted octanol–water partition coefficient (Wildman–Crippen LogP) is 5.32. The smallest absolute Gasteiger partial charge is 0.407 e. The number of nitrogens with zero attached hydrogens (tertiary/aromatic N) is 7. The van der Waals surface area contributed by atoms with Crippen molar-refractivity contribution in [1.82, 2.24) is 39.0 Å². The van der Waals surface area contributed by atoms with Crippen LogP contribution in [0.4, 0.5) is 11.8 Å². The first-order valence-electron chi connectivity index (χ1n) is 23.7. The lowest BCUT2D eigenvalue weighted by Gasteiger charge is -2.41. The number of anilines is 2.